The zero-order chi connectivity index (χ0) is 29.0. The van der Waals surface area contributed by atoms with E-state index in [2.05, 4.69) is 15.1 Å². The van der Waals surface area contributed by atoms with E-state index in [4.69, 9.17) is 0 Å². The topological polar surface area (TPSA) is 127 Å². The summed E-state index contributed by atoms with van der Waals surface area (Å²) in [4.78, 5) is 23.2. The molecule has 0 atom stereocenters. The Morgan fingerprint density at radius 1 is 0.975 bits per heavy atom. The lowest BCUT2D eigenvalue weighted by Crippen LogP contribution is -2.39. The maximum absolute atomic E-state index is 13.6. The molecule has 206 valence electrons. The quantitative estimate of drug-likeness (QED) is 0.176. The molecule has 3 aromatic carbocycles. The molecular weight excluding hydrogens is 530 g/mol. The fourth-order valence-electron chi connectivity index (χ4n) is 4.61. The van der Waals surface area contributed by atoms with Crippen LogP contribution in [0.1, 0.15) is 28.1 Å². The van der Waals surface area contributed by atoms with Crippen LogP contribution in [0, 0.1) is 37.8 Å². The number of benzene rings is 3. The molecule has 0 aliphatic rings. The second-order valence-electron chi connectivity index (χ2n) is 9.27. The molecule has 1 aromatic heterocycles. The van der Waals surface area contributed by atoms with E-state index in [0.29, 0.717) is 0 Å². The summed E-state index contributed by atoms with van der Waals surface area (Å²) in [7, 11) is -4.47. The molecule has 4 rings (SSSR count). The van der Waals surface area contributed by atoms with Crippen LogP contribution < -0.4 is 9.73 Å². The third kappa shape index (κ3) is 5.64. The number of anilines is 1. The van der Waals surface area contributed by atoms with Crippen LogP contribution in [-0.4, -0.2) is 36.6 Å². The Hall–Kier alpha value is -4.77. The number of nitro benzene ring substituents is 1. The van der Waals surface area contributed by atoms with Crippen molar-refractivity contribution in [1.29, 1.82) is 0 Å². The summed E-state index contributed by atoms with van der Waals surface area (Å²) >= 11 is 0. The molecule has 0 bridgehead atoms. The van der Waals surface area contributed by atoms with Gasteiger partial charge in [0.05, 0.1) is 22.5 Å². The molecule has 40 heavy (non-hydrogen) atoms. The minimum atomic E-state index is -4.47. The van der Waals surface area contributed by atoms with Crippen LogP contribution in [-0.2, 0) is 14.8 Å². The van der Waals surface area contributed by atoms with E-state index in [1.54, 1.807) is 18.2 Å². The van der Waals surface area contributed by atoms with Gasteiger partial charge in [0.25, 0.3) is 21.6 Å². The number of nitro groups is 1. The molecule has 1 amide bonds. The minimum Gasteiger partial charge on any atom is -0.317 e. The summed E-state index contributed by atoms with van der Waals surface area (Å²) in [6.45, 7) is 7.40. The summed E-state index contributed by atoms with van der Waals surface area (Å²) in [5, 5.41) is 15.6. The Morgan fingerprint density at radius 2 is 1.60 bits per heavy atom. The molecule has 1 heterocycles. The molecule has 0 aliphatic carbocycles. The fourth-order valence-corrected chi connectivity index (χ4v) is 6.20. The summed E-state index contributed by atoms with van der Waals surface area (Å²) in [5.74, 6) is -0.717. The van der Waals surface area contributed by atoms with Crippen LogP contribution in [0.4, 0.5) is 11.4 Å². The lowest BCUT2D eigenvalue weighted by Gasteiger charge is -2.23. The average Bonchev–Trinajstić information content (AvgIpc) is 3.20. The number of carbonyl (C=O) groups is 1. The second-order valence-corrected chi connectivity index (χ2v) is 11.1. The van der Waals surface area contributed by atoms with Gasteiger partial charge in [0.1, 0.15) is 6.54 Å². The maximum Gasteiger partial charge on any atom is 0.289 e. The fraction of sp³-hybridized carbons (Fsp3) is 0.172. The zero-order valence-electron chi connectivity index (χ0n) is 22.5. The number of sulfonamides is 1. The molecule has 0 fully saturated rings. The van der Waals surface area contributed by atoms with Gasteiger partial charge in [-0.2, -0.15) is 5.10 Å². The van der Waals surface area contributed by atoms with Crippen molar-refractivity contribution in [2.75, 3.05) is 10.8 Å². The molecular formula is C29H29N5O5S. The molecule has 11 heteroatoms. The van der Waals surface area contributed by atoms with Gasteiger partial charge in [-0.1, -0.05) is 48.5 Å². The third-order valence-corrected chi connectivity index (χ3v) is 8.31. The Morgan fingerprint density at radius 3 is 2.25 bits per heavy atom. The van der Waals surface area contributed by atoms with E-state index < -0.39 is 38.0 Å². The van der Waals surface area contributed by atoms with Gasteiger partial charge in [0.15, 0.2) is 4.90 Å². The molecule has 0 radical (unpaired) electrons. The Labute approximate surface area is 232 Å². The highest BCUT2D eigenvalue weighted by Crippen LogP contribution is 2.30. The lowest BCUT2D eigenvalue weighted by molar-refractivity contribution is -0.387. The summed E-state index contributed by atoms with van der Waals surface area (Å²) in [6.07, 6.45) is 1.51. The normalized spacial score (nSPS) is 11.5. The van der Waals surface area contributed by atoms with Crippen molar-refractivity contribution in [3.63, 3.8) is 0 Å². The van der Waals surface area contributed by atoms with Gasteiger partial charge < -0.3 is 4.57 Å². The van der Waals surface area contributed by atoms with Crippen LogP contribution in [0.25, 0.3) is 5.69 Å². The molecule has 1 N–H and O–H groups in total. The van der Waals surface area contributed by atoms with Crippen molar-refractivity contribution < 1.29 is 18.1 Å². The van der Waals surface area contributed by atoms with Crippen LogP contribution in [0.5, 0.6) is 0 Å². The summed E-state index contributed by atoms with van der Waals surface area (Å²) < 4.78 is 30.1. The van der Waals surface area contributed by atoms with Crippen molar-refractivity contribution in [1.82, 2.24) is 9.99 Å². The van der Waals surface area contributed by atoms with E-state index in [1.165, 1.54) is 30.5 Å². The van der Waals surface area contributed by atoms with Gasteiger partial charge in [-0.3, -0.25) is 19.2 Å². The minimum absolute atomic E-state index is 0.178. The maximum atomic E-state index is 13.6. The van der Waals surface area contributed by atoms with Crippen molar-refractivity contribution >= 4 is 33.5 Å². The van der Waals surface area contributed by atoms with Gasteiger partial charge in [0, 0.05) is 23.0 Å². The highest BCUT2D eigenvalue weighted by molar-refractivity contribution is 7.93. The number of hydrogen-bond acceptors (Lipinski definition) is 6. The Bertz CT molecular complexity index is 1690. The van der Waals surface area contributed by atoms with Gasteiger partial charge in [0.2, 0.25) is 0 Å². The summed E-state index contributed by atoms with van der Waals surface area (Å²) in [5.41, 5.74) is 8.03. The number of aromatic nitrogens is 1. The Kier molecular flexibility index (Phi) is 8.15. The monoisotopic (exact) mass is 559 g/mol. The molecule has 0 spiro atoms. The number of hydrazone groups is 1. The molecule has 10 nitrogen and oxygen atoms in total. The van der Waals surface area contributed by atoms with Crippen LogP contribution in [0.2, 0.25) is 0 Å². The lowest BCUT2D eigenvalue weighted by atomic mass is 10.1. The molecule has 0 aliphatic heterocycles. The first-order chi connectivity index (χ1) is 19.0. The summed E-state index contributed by atoms with van der Waals surface area (Å²) in [6, 6.07) is 21.0. The number of para-hydroxylation sites is 3. The van der Waals surface area contributed by atoms with E-state index in [0.717, 1.165) is 50.2 Å². The highest BCUT2D eigenvalue weighted by Gasteiger charge is 2.33. The zero-order valence-corrected chi connectivity index (χ0v) is 23.3. The average molecular weight is 560 g/mol. The van der Waals surface area contributed by atoms with Crippen LogP contribution in [0.15, 0.2) is 88.9 Å². The highest BCUT2D eigenvalue weighted by atomic mass is 32.2. The van der Waals surface area contributed by atoms with Gasteiger partial charge in [-0.05, 0) is 63.1 Å². The van der Waals surface area contributed by atoms with E-state index >= 15 is 0 Å². The number of nitrogens with zero attached hydrogens (tertiary/aromatic N) is 4. The van der Waals surface area contributed by atoms with Gasteiger partial charge in [-0.25, -0.2) is 13.8 Å². The van der Waals surface area contributed by atoms with Crippen LogP contribution >= 0.6 is 0 Å². The van der Waals surface area contributed by atoms with E-state index in [9.17, 15) is 23.3 Å². The smallest absolute Gasteiger partial charge is 0.289 e. The third-order valence-electron chi connectivity index (χ3n) is 6.49. The molecule has 0 unspecified atom stereocenters. The predicted octanol–water partition coefficient (Wildman–Crippen LogP) is 4.96. The largest absolute Gasteiger partial charge is 0.317 e. The second kappa shape index (κ2) is 11.5. The van der Waals surface area contributed by atoms with Gasteiger partial charge >= 0.3 is 0 Å². The Balaban J connectivity index is 1.59. The standard InChI is InChI=1S/C29H29N5O5S/c1-20-11-10-12-21(2)29(20)33-22(3)17-24(23(33)4)18-30-31-28(35)19-32(25-13-6-5-7-14-25)40(38,39)27-16-9-8-15-26(27)34(36)37/h5-18H,19H2,1-4H3,(H,31,35)/b30-18-. The number of amides is 1. The first-order valence-corrected chi connectivity index (χ1v) is 13.8. The predicted molar refractivity (Wildman–Crippen MR) is 155 cm³/mol. The first-order valence-electron chi connectivity index (χ1n) is 12.4. The van der Waals surface area contributed by atoms with E-state index in [1.807, 2.05) is 52.0 Å². The molecule has 4 aromatic rings. The first kappa shape index (κ1) is 28.2. The van der Waals surface area contributed by atoms with Crippen molar-refractivity contribution in [2.24, 2.45) is 5.10 Å². The molecule has 0 saturated carbocycles. The number of hydrogen-bond donors (Lipinski definition) is 1. The SMILES string of the molecule is Cc1cccc(C)c1-n1c(C)cc(/C=N\NC(=O)CN(c2ccccc2)S(=O)(=O)c2ccccc2[N+](=O)[O-])c1C. The van der Waals surface area contributed by atoms with Crippen molar-refractivity contribution in [3.8, 4) is 5.69 Å². The number of carbonyl (C=O) groups excluding carboxylic acids is 1. The van der Waals surface area contributed by atoms with E-state index in [-0.39, 0.29) is 5.69 Å². The molecule has 0 saturated heterocycles. The van der Waals surface area contributed by atoms with Crippen molar-refractivity contribution in [3.05, 3.63) is 117 Å². The van der Waals surface area contributed by atoms with Crippen LogP contribution in [0.3, 0.4) is 0 Å². The van der Waals surface area contributed by atoms with Gasteiger partial charge in [-0.15, -0.1) is 0 Å². The number of rotatable bonds is 9. The van der Waals surface area contributed by atoms with Crippen molar-refractivity contribution in [2.45, 2.75) is 32.6 Å². The number of nitrogens with one attached hydrogen (secondary N) is 1. The number of aryl methyl sites for hydroxylation is 3.